The van der Waals surface area contributed by atoms with Crippen molar-refractivity contribution in [2.75, 3.05) is 12.4 Å². The Balaban J connectivity index is 1.66. The van der Waals surface area contributed by atoms with Crippen molar-refractivity contribution in [1.29, 1.82) is 0 Å². The van der Waals surface area contributed by atoms with Crippen LogP contribution in [0.3, 0.4) is 0 Å². The lowest BCUT2D eigenvalue weighted by Crippen LogP contribution is -2.14. The Hall–Kier alpha value is -3.40. The number of fused-ring (bicyclic) bond motifs is 1. The van der Waals surface area contributed by atoms with Gasteiger partial charge in [-0.15, -0.1) is 0 Å². The first-order valence-corrected chi connectivity index (χ1v) is 8.28. The molecule has 0 atom stereocenters. The lowest BCUT2D eigenvalue weighted by molar-refractivity contribution is -0.134. The highest BCUT2D eigenvalue weighted by molar-refractivity contribution is 5.96. The van der Waals surface area contributed by atoms with Gasteiger partial charge in [0.1, 0.15) is 0 Å². The summed E-state index contributed by atoms with van der Waals surface area (Å²) in [7, 11) is 1.33. The first-order chi connectivity index (χ1) is 12.7. The molecular formula is C22H19NO3. The van der Waals surface area contributed by atoms with Crippen LogP contribution in [-0.2, 0) is 20.7 Å². The van der Waals surface area contributed by atoms with Gasteiger partial charge in [0.05, 0.1) is 13.5 Å². The van der Waals surface area contributed by atoms with E-state index in [1.54, 1.807) is 18.2 Å². The van der Waals surface area contributed by atoms with E-state index in [0.29, 0.717) is 12.1 Å². The number of benzene rings is 3. The van der Waals surface area contributed by atoms with Crippen LogP contribution in [0.4, 0.5) is 5.69 Å². The molecule has 0 aliphatic rings. The molecule has 0 saturated carbocycles. The van der Waals surface area contributed by atoms with Gasteiger partial charge in [0, 0.05) is 11.8 Å². The molecule has 0 aliphatic heterocycles. The fourth-order valence-electron chi connectivity index (χ4n) is 2.73. The standard InChI is InChI=1S/C22H19NO3/c1-26-22(25)14-11-16-9-12-19(13-10-16)23-21(24)15-18-7-4-6-17-5-2-3-8-20(17)18/h2-14H,15H2,1H3,(H,23,24)/b14-11+. The largest absolute Gasteiger partial charge is 0.466 e. The second kappa shape index (κ2) is 8.12. The van der Waals surface area contributed by atoms with Gasteiger partial charge in [-0.1, -0.05) is 54.6 Å². The van der Waals surface area contributed by atoms with Gasteiger partial charge >= 0.3 is 5.97 Å². The third-order valence-electron chi connectivity index (χ3n) is 4.04. The van der Waals surface area contributed by atoms with Gasteiger partial charge in [0.15, 0.2) is 0 Å². The average Bonchev–Trinajstić information content (AvgIpc) is 2.67. The van der Waals surface area contributed by atoms with E-state index < -0.39 is 5.97 Å². The predicted octanol–water partition coefficient (Wildman–Crippen LogP) is 4.21. The van der Waals surface area contributed by atoms with E-state index in [4.69, 9.17) is 0 Å². The van der Waals surface area contributed by atoms with Crippen LogP contribution in [0.15, 0.2) is 72.8 Å². The van der Waals surface area contributed by atoms with E-state index in [-0.39, 0.29) is 5.91 Å². The summed E-state index contributed by atoms with van der Waals surface area (Å²) in [5, 5.41) is 5.12. The average molecular weight is 345 g/mol. The summed E-state index contributed by atoms with van der Waals surface area (Å²) in [5.41, 5.74) is 2.56. The van der Waals surface area contributed by atoms with Crippen LogP contribution in [0.5, 0.6) is 0 Å². The van der Waals surface area contributed by atoms with Crippen molar-refractivity contribution in [3.8, 4) is 0 Å². The molecule has 3 aromatic carbocycles. The van der Waals surface area contributed by atoms with Crippen molar-refractivity contribution < 1.29 is 14.3 Å². The molecule has 0 fully saturated rings. The number of ether oxygens (including phenoxy) is 1. The van der Waals surface area contributed by atoms with Crippen LogP contribution >= 0.6 is 0 Å². The highest BCUT2D eigenvalue weighted by Crippen LogP contribution is 2.19. The second-order valence-electron chi connectivity index (χ2n) is 5.84. The number of carbonyl (C=O) groups is 2. The van der Waals surface area contributed by atoms with Crippen molar-refractivity contribution >= 4 is 34.4 Å². The number of amides is 1. The Kier molecular flexibility index (Phi) is 5.44. The zero-order chi connectivity index (χ0) is 18.4. The number of esters is 1. The molecule has 0 aromatic heterocycles. The van der Waals surface area contributed by atoms with Crippen LogP contribution < -0.4 is 5.32 Å². The molecule has 1 N–H and O–H groups in total. The minimum absolute atomic E-state index is 0.0702. The van der Waals surface area contributed by atoms with Crippen molar-refractivity contribution in [2.24, 2.45) is 0 Å². The fourth-order valence-corrected chi connectivity index (χ4v) is 2.73. The van der Waals surface area contributed by atoms with Crippen LogP contribution in [0, 0.1) is 0 Å². The van der Waals surface area contributed by atoms with E-state index in [2.05, 4.69) is 10.1 Å². The van der Waals surface area contributed by atoms with E-state index in [9.17, 15) is 9.59 Å². The van der Waals surface area contributed by atoms with Crippen LogP contribution in [-0.4, -0.2) is 19.0 Å². The summed E-state index contributed by atoms with van der Waals surface area (Å²) in [6.07, 6.45) is 3.33. The molecule has 0 aliphatic carbocycles. The maximum atomic E-state index is 12.4. The summed E-state index contributed by atoms with van der Waals surface area (Å²) < 4.78 is 4.55. The number of rotatable bonds is 5. The monoisotopic (exact) mass is 345 g/mol. The van der Waals surface area contributed by atoms with Crippen molar-refractivity contribution in [2.45, 2.75) is 6.42 Å². The summed E-state index contributed by atoms with van der Waals surface area (Å²) >= 11 is 0. The molecular weight excluding hydrogens is 326 g/mol. The molecule has 0 spiro atoms. The van der Waals surface area contributed by atoms with Gasteiger partial charge in [0.2, 0.25) is 5.91 Å². The number of hydrogen-bond acceptors (Lipinski definition) is 3. The maximum Gasteiger partial charge on any atom is 0.330 e. The molecule has 26 heavy (non-hydrogen) atoms. The number of hydrogen-bond donors (Lipinski definition) is 1. The van der Waals surface area contributed by atoms with Gasteiger partial charge in [0.25, 0.3) is 0 Å². The molecule has 0 heterocycles. The number of anilines is 1. The van der Waals surface area contributed by atoms with Gasteiger partial charge in [-0.25, -0.2) is 4.79 Å². The molecule has 0 radical (unpaired) electrons. The quantitative estimate of drug-likeness (QED) is 0.557. The van der Waals surface area contributed by atoms with Gasteiger partial charge < -0.3 is 10.1 Å². The summed E-state index contributed by atoms with van der Waals surface area (Å²) in [6, 6.07) is 21.3. The van der Waals surface area contributed by atoms with Crippen molar-refractivity contribution in [1.82, 2.24) is 0 Å². The van der Waals surface area contributed by atoms with Crippen molar-refractivity contribution in [3.63, 3.8) is 0 Å². The highest BCUT2D eigenvalue weighted by Gasteiger charge is 2.07. The van der Waals surface area contributed by atoms with Crippen LogP contribution in [0.2, 0.25) is 0 Å². The zero-order valence-electron chi connectivity index (χ0n) is 14.4. The van der Waals surface area contributed by atoms with E-state index in [1.807, 2.05) is 54.6 Å². The maximum absolute atomic E-state index is 12.4. The lowest BCUT2D eigenvalue weighted by atomic mass is 10.0. The molecule has 3 aromatic rings. The molecule has 130 valence electrons. The highest BCUT2D eigenvalue weighted by atomic mass is 16.5. The molecule has 4 nitrogen and oxygen atoms in total. The van der Waals surface area contributed by atoms with Gasteiger partial charge in [-0.2, -0.15) is 0 Å². The third kappa shape index (κ3) is 4.36. The van der Waals surface area contributed by atoms with E-state index in [0.717, 1.165) is 21.9 Å². The van der Waals surface area contributed by atoms with E-state index in [1.165, 1.54) is 13.2 Å². The molecule has 4 heteroatoms. The summed E-state index contributed by atoms with van der Waals surface area (Å²) in [5.74, 6) is -0.475. The Morgan fingerprint density at radius 3 is 2.46 bits per heavy atom. The SMILES string of the molecule is COC(=O)/C=C/c1ccc(NC(=O)Cc2cccc3ccccc23)cc1. The first kappa shape index (κ1) is 17.4. The topological polar surface area (TPSA) is 55.4 Å². The molecule has 0 saturated heterocycles. The Morgan fingerprint density at radius 1 is 0.962 bits per heavy atom. The Bertz CT molecular complexity index is 953. The minimum Gasteiger partial charge on any atom is -0.466 e. The molecule has 1 amide bonds. The predicted molar refractivity (Wildman–Crippen MR) is 104 cm³/mol. The molecule has 0 unspecified atom stereocenters. The normalized spacial score (nSPS) is 10.8. The van der Waals surface area contributed by atoms with Crippen LogP contribution in [0.1, 0.15) is 11.1 Å². The smallest absolute Gasteiger partial charge is 0.330 e. The van der Waals surface area contributed by atoms with Gasteiger partial charge in [-0.3, -0.25) is 4.79 Å². The third-order valence-corrected chi connectivity index (χ3v) is 4.04. The zero-order valence-corrected chi connectivity index (χ0v) is 14.4. The van der Waals surface area contributed by atoms with Crippen LogP contribution in [0.25, 0.3) is 16.8 Å². The number of methoxy groups -OCH3 is 1. The van der Waals surface area contributed by atoms with E-state index >= 15 is 0 Å². The summed E-state index contributed by atoms with van der Waals surface area (Å²) in [4.78, 5) is 23.5. The molecule has 3 rings (SSSR count). The van der Waals surface area contributed by atoms with Gasteiger partial charge in [-0.05, 0) is 40.1 Å². The second-order valence-corrected chi connectivity index (χ2v) is 5.84. The van der Waals surface area contributed by atoms with Crippen molar-refractivity contribution in [3.05, 3.63) is 83.9 Å². The number of carbonyl (C=O) groups excluding carboxylic acids is 2. The minimum atomic E-state index is -0.405. The summed E-state index contributed by atoms with van der Waals surface area (Å²) in [6.45, 7) is 0. The Morgan fingerprint density at radius 2 is 1.69 bits per heavy atom. The first-order valence-electron chi connectivity index (χ1n) is 8.28. The lowest BCUT2D eigenvalue weighted by Gasteiger charge is -2.08. The number of nitrogens with one attached hydrogen (secondary N) is 1. The fraction of sp³-hybridized carbons (Fsp3) is 0.0909. The molecule has 0 bridgehead atoms. The Labute approximate surface area is 152 Å².